The molecule has 5 nitrogen and oxygen atoms in total. The summed E-state index contributed by atoms with van der Waals surface area (Å²) >= 11 is 1.77. The fourth-order valence-corrected chi connectivity index (χ4v) is 5.02. The molecule has 2 aliphatic rings. The Labute approximate surface area is 179 Å². The van der Waals surface area contributed by atoms with Gasteiger partial charge >= 0.3 is 0 Å². The number of aliphatic imine (C=N–C) groups is 1. The van der Waals surface area contributed by atoms with Gasteiger partial charge in [0.15, 0.2) is 5.96 Å². The van der Waals surface area contributed by atoms with Crippen LogP contribution in [0, 0.1) is 13.8 Å². The van der Waals surface area contributed by atoms with Crippen LogP contribution in [0.2, 0.25) is 0 Å². The highest BCUT2D eigenvalue weighted by Crippen LogP contribution is 2.25. The van der Waals surface area contributed by atoms with E-state index < -0.39 is 0 Å². The number of hydrogen-bond acceptors (Lipinski definition) is 4. The predicted octanol–water partition coefficient (Wildman–Crippen LogP) is 3.84. The van der Waals surface area contributed by atoms with E-state index in [-0.39, 0.29) is 24.0 Å². The number of nitrogens with one attached hydrogen (secondary N) is 2. The molecule has 1 aliphatic heterocycles. The van der Waals surface area contributed by atoms with Crippen molar-refractivity contribution in [2.45, 2.75) is 77.4 Å². The fourth-order valence-electron chi connectivity index (χ4n) is 4.14. The van der Waals surface area contributed by atoms with Crippen LogP contribution in [-0.4, -0.2) is 48.1 Å². The van der Waals surface area contributed by atoms with Crippen molar-refractivity contribution in [1.29, 1.82) is 0 Å². The molecule has 0 atom stereocenters. The number of likely N-dealkylation sites (tertiary alicyclic amines) is 1. The zero-order valence-corrected chi connectivity index (χ0v) is 19.5. The molecule has 2 heterocycles. The predicted molar refractivity (Wildman–Crippen MR) is 122 cm³/mol. The standard InChI is InChI=1S/C19H33N5S.HI/c1-14-18(25-15(2)22-14)13-21-19(20-3)23-16-9-11-24(12-10-16)17-7-5-4-6-8-17;/h16-17H,4-13H2,1-3H3,(H2,20,21,23);1H. The van der Waals surface area contributed by atoms with Crippen LogP contribution in [0.1, 0.15) is 60.5 Å². The zero-order chi connectivity index (χ0) is 17.6. The minimum Gasteiger partial charge on any atom is -0.354 e. The van der Waals surface area contributed by atoms with Crippen LogP contribution in [-0.2, 0) is 6.54 Å². The minimum atomic E-state index is 0. The molecule has 1 aliphatic carbocycles. The molecule has 7 heteroatoms. The van der Waals surface area contributed by atoms with Gasteiger partial charge in [0.1, 0.15) is 0 Å². The van der Waals surface area contributed by atoms with Crippen LogP contribution in [0.5, 0.6) is 0 Å². The van der Waals surface area contributed by atoms with Crippen molar-refractivity contribution in [2.24, 2.45) is 4.99 Å². The third kappa shape index (κ3) is 6.05. The van der Waals surface area contributed by atoms with Crippen molar-refractivity contribution in [1.82, 2.24) is 20.5 Å². The second-order valence-electron chi connectivity index (χ2n) is 7.41. The monoisotopic (exact) mass is 491 g/mol. The Bertz CT molecular complexity index is 574. The zero-order valence-electron chi connectivity index (χ0n) is 16.4. The lowest BCUT2D eigenvalue weighted by Crippen LogP contribution is -2.50. The van der Waals surface area contributed by atoms with Crippen LogP contribution in [0.3, 0.4) is 0 Å². The van der Waals surface area contributed by atoms with Crippen molar-refractivity contribution in [3.05, 3.63) is 15.6 Å². The SMILES string of the molecule is CN=C(NCc1sc(C)nc1C)NC1CCN(C2CCCCC2)CC1.I. The molecule has 0 radical (unpaired) electrons. The van der Waals surface area contributed by atoms with E-state index in [2.05, 4.69) is 39.4 Å². The molecule has 26 heavy (non-hydrogen) atoms. The van der Waals surface area contributed by atoms with Crippen molar-refractivity contribution in [3.8, 4) is 0 Å². The summed E-state index contributed by atoms with van der Waals surface area (Å²) in [5.74, 6) is 0.918. The van der Waals surface area contributed by atoms with E-state index in [0.29, 0.717) is 6.04 Å². The molecule has 1 saturated carbocycles. The number of aromatic nitrogens is 1. The summed E-state index contributed by atoms with van der Waals surface area (Å²) in [5.41, 5.74) is 1.13. The summed E-state index contributed by atoms with van der Waals surface area (Å²) in [5, 5.41) is 8.21. The first kappa shape index (κ1) is 21.9. The summed E-state index contributed by atoms with van der Waals surface area (Å²) in [4.78, 5) is 12.9. The molecule has 0 aromatic carbocycles. The Kier molecular flexibility index (Phi) is 9.09. The fraction of sp³-hybridized carbons (Fsp3) is 0.789. The molecule has 148 valence electrons. The second kappa shape index (κ2) is 10.8. The van der Waals surface area contributed by atoms with Gasteiger partial charge in [-0.1, -0.05) is 19.3 Å². The van der Waals surface area contributed by atoms with Crippen molar-refractivity contribution in [3.63, 3.8) is 0 Å². The smallest absolute Gasteiger partial charge is 0.191 e. The summed E-state index contributed by atoms with van der Waals surface area (Å²) in [7, 11) is 1.86. The van der Waals surface area contributed by atoms with Gasteiger partial charge in [-0.05, 0) is 39.5 Å². The largest absolute Gasteiger partial charge is 0.354 e. The minimum absolute atomic E-state index is 0. The van der Waals surface area contributed by atoms with E-state index in [1.807, 2.05) is 7.05 Å². The molecule has 2 fully saturated rings. The van der Waals surface area contributed by atoms with E-state index >= 15 is 0 Å². The number of piperidine rings is 1. The van der Waals surface area contributed by atoms with Crippen LogP contribution < -0.4 is 10.6 Å². The molecule has 3 rings (SSSR count). The Balaban J connectivity index is 0.00000243. The lowest BCUT2D eigenvalue weighted by molar-refractivity contribution is 0.119. The van der Waals surface area contributed by atoms with Gasteiger partial charge in [-0.2, -0.15) is 0 Å². The van der Waals surface area contributed by atoms with E-state index in [4.69, 9.17) is 0 Å². The number of nitrogens with zero attached hydrogens (tertiary/aromatic N) is 3. The average Bonchev–Trinajstić information content (AvgIpc) is 2.97. The van der Waals surface area contributed by atoms with Gasteiger partial charge in [-0.15, -0.1) is 35.3 Å². The lowest BCUT2D eigenvalue weighted by Gasteiger charge is -2.39. The van der Waals surface area contributed by atoms with Gasteiger partial charge in [0.25, 0.3) is 0 Å². The van der Waals surface area contributed by atoms with Gasteiger partial charge in [0, 0.05) is 37.1 Å². The molecular weight excluding hydrogens is 457 g/mol. The number of guanidine groups is 1. The quantitative estimate of drug-likeness (QED) is 0.382. The van der Waals surface area contributed by atoms with Gasteiger partial charge in [0.05, 0.1) is 17.2 Å². The summed E-state index contributed by atoms with van der Waals surface area (Å²) in [6, 6.07) is 1.39. The highest BCUT2D eigenvalue weighted by Gasteiger charge is 2.26. The number of hydrogen-bond donors (Lipinski definition) is 2. The molecule has 0 amide bonds. The molecule has 1 aromatic rings. The Morgan fingerprint density at radius 2 is 1.85 bits per heavy atom. The van der Waals surface area contributed by atoms with Crippen LogP contribution >= 0.6 is 35.3 Å². The van der Waals surface area contributed by atoms with E-state index in [9.17, 15) is 0 Å². The topological polar surface area (TPSA) is 52.6 Å². The number of thiazole rings is 1. The van der Waals surface area contributed by atoms with Crippen molar-refractivity contribution < 1.29 is 0 Å². The molecule has 0 spiro atoms. The highest BCUT2D eigenvalue weighted by atomic mass is 127. The Hall–Kier alpha value is -0.410. The average molecular weight is 491 g/mol. The van der Waals surface area contributed by atoms with Crippen molar-refractivity contribution in [2.75, 3.05) is 20.1 Å². The van der Waals surface area contributed by atoms with Gasteiger partial charge < -0.3 is 15.5 Å². The molecule has 1 saturated heterocycles. The van der Waals surface area contributed by atoms with Crippen LogP contribution in [0.25, 0.3) is 0 Å². The molecule has 0 unspecified atom stereocenters. The molecule has 2 N–H and O–H groups in total. The number of aryl methyl sites for hydroxylation is 2. The first-order valence-corrected chi connectivity index (χ1v) is 10.6. The third-order valence-electron chi connectivity index (χ3n) is 5.60. The van der Waals surface area contributed by atoms with Crippen LogP contribution in [0.4, 0.5) is 0 Å². The molecule has 0 bridgehead atoms. The maximum absolute atomic E-state index is 4.50. The van der Waals surface area contributed by atoms with E-state index in [1.54, 1.807) is 11.3 Å². The first-order valence-electron chi connectivity index (χ1n) is 9.80. The highest BCUT2D eigenvalue weighted by molar-refractivity contribution is 14.0. The van der Waals surface area contributed by atoms with Crippen molar-refractivity contribution >= 4 is 41.3 Å². The third-order valence-corrected chi connectivity index (χ3v) is 6.67. The maximum atomic E-state index is 4.50. The number of halogens is 1. The summed E-state index contributed by atoms with van der Waals surface area (Å²) < 4.78 is 0. The maximum Gasteiger partial charge on any atom is 0.191 e. The number of rotatable bonds is 4. The normalized spacial score (nSPS) is 20.7. The van der Waals surface area contributed by atoms with Gasteiger partial charge in [-0.25, -0.2) is 4.98 Å². The lowest BCUT2D eigenvalue weighted by atomic mass is 9.92. The van der Waals surface area contributed by atoms with E-state index in [1.165, 1.54) is 62.9 Å². The van der Waals surface area contributed by atoms with Gasteiger partial charge in [0.2, 0.25) is 0 Å². The first-order chi connectivity index (χ1) is 12.2. The summed E-state index contributed by atoms with van der Waals surface area (Å²) in [6.07, 6.45) is 9.55. The second-order valence-corrected chi connectivity index (χ2v) is 8.70. The summed E-state index contributed by atoms with van der Waals surface area (Å²) in [6.45, 7) is 7.41. The van der Waals surface area contributed by atoms with Crippen LogP contribution in [0.15, 0.2) is 4.99 Å². The molecular formula is C19H34IN5S. The Morgan fingerprint density at radius 3 is 2.42 bits per heavy atom. The van der Waals surface area contributed by atoms with E-state index in [0.717, 1.165) is 29.2 Å². The van der Waals surface area contributed by atoms with Gasteiger partial charge in [-0.3, -0.25) is 4.99 Å². The molecule has 1 aromatic heterocycles. The Morgan fingerprint density at radius 1 is 1.15 bits per heavy atom.